The molecule has 3 heteroatoms. The molecule has 2 saturated carbocycles. The summed E-state index contributed by atoms with van der Waals surface area (Å²) in [6.07, 6.45) is 10.1. The van der Waals surface area contributed by atoms with E-state index < -0.39 is 0 Å². The van der Waals surface area contributed by atoms with Crippen LogP contribution in [-0.4, -0.2) is 28.2 Å². The summed E-state index contributed by atoms with van der Waals surface area (Å²) in [5, 5.41) is 0. The molecule has 0 bridgehead atoms. The molecule has 2 unspecified atom stereocenters. The lowest BCUT2D eigenvalue weighted by Crippen LogP contribution is -2.48. The molecule has 1 amide bonds. The molecule has 2 aliphatic carbocycles. The highest BCUT2D eigenvalue weighted by Gasteiger charge is 2.47. The number of halogens is 1. The van der Waals surface area contributed by atoms with Crippen LogP contribution in [-0.2, 0) is 4.79 Å². The summed E-state index contributed by atoms with van der Waals surface area (Å²) in [4.78, 5) is 15.7. The Kier molecular flexibility index (Phi) is 4.21. The number of hydrogen-bond acceptors (Lipinski definition) is 1. The van der Waals surface area contributed by atoms with Gasteiger partial charge in [-0.2, -0.15) is 0 Å². The second-order valence-electron chi connectivity index (χ2n) is 6.90. The van der Waals surface area contributed by atoms with E-state index in [-0.39, 0.29) is 0 Å². The summed E-state index contributed by atoms with van der Waals surface area (Å²) in [5.41, 5.74) is 0. The summed E-state index contributed by atoms with van der Waals surface area (Å²) in [6.45, 7) is 3.22. The topological polar surface area (TPSA) is 20.3 Å². The number of rotatable bonds is 5. The van der Waals surface area contributed by atoms with Crippen molar-refractivity contribution in [3.63, 3.8) is 0 Å². The third kappa shape index (κ3) is 3.34. The summed E-state index contributed by atoms with van der Waals surface area (Å²) < 4.78 is 0. The lowest BCUT2D eigenvalue weighted by Gasteiger charge is -2.39. The molecule has 0 radical (unpaired) electrons. The molecule has 2 nitrogen and oxygen atoms in total. The van der Waals surface area contributed by atoms with E-state index in [1.165, 1.54) is 44.9 Å². The summed E-state index contributed by atoms with van der Waals surface area (Å²) >= 11 is 3.67. The van der Waals surface area contributed by atoms with E-state index in [1.807, 2.05) is 0 Å². The molecule has 108 valence electrons. The molecule has 1 aliphatic heterocycles. The van der Waals surface area contributed by atoms with Crippen molar-refractivity contribution in [3.8, 4) is 0 Å². The Morgan fingerprint density at radius 3 is 2.32 bits per heavy atom. The minimum Gasteiger partial charge on any atom is -0.339 e. The van der Waals surface area contributed by atoms with Gasteiger partial charge in [-0.05, 0) is 63.2 Å². The molecule has 0 spiro atoms. The van der Waals surface area contributed by atoms with Crippen molar-refractivity contribution in [2.45, 2.75) is 69.2 Å². The van der Waals surface area contributed by atoms with Crippen LogP contribution in [0.5, 0.6) is 0 Å². The Balaban J connectivity index is 1.68. The van der Waals surface area contributed by atoms with Gasteiger partial charge in [0.25, 0.3) is 0 Å². The maximum Gasteiger partial charge on any atom is 0.226 e. The third-order valence-electron chi connectivity index (χ3n) is 5.05. The fraction of sp³-hybridized carbons (Fsp3) is 0.938. The first kappa shape index (κ1) is 13.9. The molecule has 2 atom stereocenters. The van der Waals surface area contributed by atoms with E-state index in [1.54, 1.807) is 0 Å². The highest BCUT2D eigenvalue weighted by atomic mass is 79.9. The SMILES string of the molecule is CC(Br)CC1CCCCN1C(=O)C(C1CC1)C1CC1. The number of nitrogens with zero attached hydrogens (tertiary/aromatic N) is 1. The van der Waals surface area contributed by atoms with Crippen molar-refractivity contribution < 1.29 is 4.79 Å². The van der Waals surface area contributed by atoms with E-state index in [0.717, 1.165) is 24.8 Å². The van der Waals surface area contributed by atoms with Crippen molar-refractivity contribution in [2.24, 2.45) is 17.8 Å². The largest absolute Gasteiger partial charge is 0.339 e. The van der Waals surface area contributed by atoms with Crippen LogP contribution in [0.25, 0.3) is 0 Å². The van der Waals surface area contributed by atoms with Crippen LogP contribution in [0, 0.1) is 17.8 Å². The van der Waals surface area contributed by atoms with E-state index in [0.29, 0.717) is 22.7 Å². The van der Waals surface area contributed by atoms with Gasteiger partial charge in [-0.25, -0.2) is 0 Å². The van der Waals surface area contributed by atoms with Crippen molar-refractivity contribution in [1.29, 1.82) is 0 Å². The fourth-order valence-corrected chi connectivity index (χ4v) is 4.23. The zero-order valence-electron chi connectivity index (χ0n) is 12.0. The first-order valence-corrected chi connectivity index (χ1v) is 9.03. The molecule has 3 fully saturated rings. The number of likely N-dealkylation sites (tertiary alicyclic amines) is 1. The van der Waals surface area contributed by atoms with Gasteiger partial charge in [0.05, 0.1) is 0 Å². The standard InChI is InChI=1S/C16H26BrNO/c1-11(17)10-14-4-2-3-9-18(14)16(19)15(12-5-6-12)13-7-8-13/h11-15H,2-10H2,1H3. The lowest BCUT2D eigenvalue weighted by atomic mass is 9.91. The Morgan fingerprint density at radius 2 is 1.79 bits per heavy atom. The molecule has 0 aromatic rings. The van der Waals surface area contributed by atoms with Gasteiger partial charge in [0.15, 0.2) is 0 Å². The molecule has 3 aliphatic rings. The van der Waals surface area contributed by atoms with Gasteiger partial charge < -0.3 is 4.90 Å². The normalized spacial score (nSPS) is 29.6. The van der Waals surface area contributed by atoms with E-state index in [2.05, 4.69) is 27.8 Å². The fourth-order valence-electron chi connectivity index (χ4n) is 3.80. The number of hydrogen-bond donors (Lipinski definition) is 0. The monoisotopic (exact) mass is 327 g/mol. The average Bonchev–Trinajstić information content (AvgIpc) is 3.24. The Labute approximate surface area is 125 Å². The maximum atomic E-state index is 13.0. The molecular weight excluding hydrogens is 302 g/mol. The van der Waals surface area contributed by atoms with Crippen molar-refractivity contribution in [3.05, 3.63) is 0 Å². The smallest absolute Gasteiger partial charge is 0.226 e. The highest BCUT2D eigenvalue weighted by molar-refractivity contribution is 9.09. The Hall–Kier alpha value is -0.0500. The second-order valence-corrected chi connectivity index (χ2v) is 8.46. The predicted octanol–water partition coefficient (Wildman–Crippen LogP) is 3.98. The molecule has 0 aromatic carbocycles. The molecule has 1 heterocycles. The van der Waals surface area contributed by atoms with Crippen molar-refractivity contribution in [2.75, 3.05) is 6.54 Å². The average molecular weight is 328 g/mol. The van der Waals surface area contributed by atoms with Gasteiger partial charge in [0, 0.05) is 23.3 Å². The predicted molar refractivity (Wildman–Crippen MR) is 81.3 cm³/mol. The van der Waals surface area contributed by atoms with Crippen LogP contribution >= 0.6 is 15.9 Å². The van der Waals surface area contributed by atoms with Gasteiger partial charge >= 0.3 is 0 Å². The van der Waals surface area contributed by atoms with Gasteiger partial charge in [0.2, 0.25) is 5.91 Å². The molecule has 1 saturated heterocycles. The maximum absolute atomic E-state index is 13.0. The molecule has 0 N–H and O–H groups in total. The highest BCUT2D eigenvalue weighted by Crippen LogP contribution is 2.50. The Bertz CT molecular complexity index is 324. The summed E-state index contributed by atoms with van der Waals surface area (Å²) in [6, 6.07) is 0.496. The number of carbonyl (C=O) groups excluding carboxylic acids is 1. The quantitative estimate of drug-likeness (QED) is 0.699. The minimum absolute atomic E-state index is 0.395. The minimum atomic E-state index is 0.395. The van der Waals surface area contributed by atoms with Crippen molar-refractivity contribution >= 4 is 21.8 Å². The third-order valence-corrected chi connectivity index (χ3v) is 5.43. The first-order chi connectivity index (χ1) is 9.16. The van der Waals surface area contributed by atoms with Crippen LogP contribution < -0.4 is 0 Å². The van der Waals surface area contributed by atoms with Crippen LogP contribution in [0.4, 0.5) is 0 Å². The molecular formula is C16H26BrNO. The van der Waals surface area contributed by atoms with Crippen LogP contribution in [0.15, 0.2) is 0 Å². The summed E-state index contributed by atoms with van der Waals surface area (Å²) in [5.74, 6) is 2.39. The summed E-state index contributed by atoms with van der Waals surface area (Å²) in [7, 11) is 0. The van der Waals surface area contributed by atoms with Crippen molar-refractivity contribution in [1.82, 2.24) is 4.90 Å². The lowest BCUT2D eigenvalue weighted by molar-refractivity contribution is -0.141. The van der Waals surface area contributed by atoms with Crippen LogP contribution in [0.1, 0.15) is 58.3 Å². The number of piperidine rings is 1. The Morgan fingerprint density at radius 1 is 1.16 bits per heavy atom. The van der Waals surface area contributed by atoms with Gasteiger partial charge in [-0.1, -0.05) is 22.9 Å². The van der Waals surface area contributed by atoms with Gasteiger partial charge in [-0.15, -0.1) is 0 Å². The van der Waals surface area contributed by atoms with E-state index in [9.17, 15) is 4.79 Å². The zero-order chi connectivity index (χ0) is 13.4. The number of alkyl halides is 1. The molecule has 0 aromatic heterocycles. The van der Waals surface area contributed by atoms with E-state index >= 15 is 0 Å². The zero-order valence-corrected chi connectivity index (χ0v) is 13.6. The van der Waals surface area contributed by atoms with E-state index in [4.69, 9.17) is 0 Å². The van der Waals surface area contributed by atoms with Gasteiger partial charge in [-0.3, -0.25) is 4.79 Å². The first-order valence-electron chi connectivity index (χ1n) is 8.11. The second kappa shape index (κ2) is 5.75. The van der Waals surface area contributed by atoms with Gasteiger partial charge in [0.1, 0.15) is 0 Å². The van der Waals surface area contributed by atoms with Crippen LogP contribution in [0.2, 0.25) is 0 Å². The van der Waals surface area contributed by atoms with Crippen LogP contribution in [0.3, 0.4) is 0 Å². The number of amides is 1. The molecule has 19 heavy (non-hydrogen) atoms. The number of carbonyl (C=O) groups is 1. The molecule has 3 rings (SSSR count).